The van der Waals surface area contributed by atoms with Crippen LogP contribution in [0.5, 0.6) is 11.5 Å². The predicted molar refractivity (Wildman–Crippen MR) is 75.3 cm³/mol. The highest BCUT2D eigenvalue weighted by Gasteiger charge is 2.20. The third-order valence-corrected chi connectivity index (χ3v) is 3.54. The molecular weight excluding hydrogens is 258 g/mol. The summed E-state index contributed by atoms with van der Waals surface area (Å²) in [6.07, 6.45) is 2.30. The summed E-state index contributed by atoms with van der Waals surface area (Å²) < 4.78 is 11.0. The van der Waals surface area contributed by atoms with Crippen LogP contribution in [0.4, 0.5) is 0 Å². The third kappa shape index (κ3) is 4.42. The molecule has 0 aromatic heterocycles. The fourth-order valence-electron chi connectivity index (χ4n) is 2.35. The molecule has 110 valence electrons. The Morgan fingerprint density at radius 2 is 1.85 bits per heavy atom. The SMILES string of the molecule is COc1ccc(OC2CCN(CCC(=O)O)CC2)cc1. The van der Waals surface area contributed by atoms with Gasteiger partial charge in [0.25, 0.3) is 0 Å². The highest BCUT2D eigenvalue weighted by molar-refractivity contribution is 5.66. The average molecular weight is 279 g/mol. The van der Waals surface area contributed by atoms with Crippen LogP contribution in [0.3, 0.4) is 0 Å². The standard InChI is InChI=1S/C15H21NO4/c1-19-12-2-4-13(5-3-12)20-14-6-9-16(10-7-14)11-8-15(17)18/h2-5,14H,6-11H2,1H3,(H,17,18). The zero-order valence-corrected chi connectivity index (χ0v) is 11.7. The van der Waals surface area contributed by atoms with Crippen molar-refractivity contribution in [2.75, 3.05) is 26.7 Å². The maximum Gasteiger partial charge on any atom is 0.304 e. The van der Waals surface area contributed by atoms with E-state index < -0.39 is 5.97 Å². The molecule has 1 aromatic carbocycles. The van der Waals surface area contributed by atoms with Crippen molar-refractivity contribution in [1.82, 2.24) is 4.90 Å². The molecule has 0 saturated carbocycles. The van der Waals surface area contributed by atoms with Crippen LogP contribution in [0.1, 0.15) is 19.3 Å². The number of piperidine rings is 1. The number of hydrogen-bond acceptors (Lipinski definition) is 4. The molecular formula is C15H21NO4. The zero-order chi connectivity index (χ0) is 14.4. The summed E-state index contributed by atoms with van der Waals surface area (Å²) >= 11 is 0. The maximum atomic E-state index is 10.5. The number of nitrogens with zero attached hydrogens (tertiary/aromatic N) is 1. The molecule has 1 heterocycles. The van der Waals surface area contributed by atoms with Gasteiger partial charge in [0.15, 0.2) is 0 Å². The molecule has 1 aliphatic rings. The van der Waals surface area contributed by atoms with Crippen LogP contribution < -0.4 is 9.47 Å². The summed E-state index contributed by atoms with van der Waals surface area (Å²) in [7, 11) is 1.64. The molecule has 1 aromatic rings. The second-order valence-electron chi connectivity index (χ2n) is 4.98. The molecule has 2 rings (SSSR count). The van der Waals surface area contributed by atoms with E-state index in [1.807, 2.05) is 24.3 Å². The van der Waals surface area contributed by atoms with Crippen molar-refractivity contribution >= 4 is 5.97 Å². The lowest BCUT2D eigenvalue weighted by molar-refractivity contribution is -0.137. The van der Waals surface area contributed by atoms with Crippen molar-refractivity contribution in [3.05, 3.63) is 24.3 Å². The fraction of sp³-hybridized carbons (Fsp3) is 0.533. The van der Waals surface area contributed by atoms with Gasteiger partial charge >= 0.3 is 5.97 Å². The number of benzene rings is 1. The minimum Gasteiger partial charge on any atom is -0.497 e. The Kier molecular flexibility index (Phi) is 5.24. The van der Waals surface area contributed by atoms with Crippen molar-refractivity contribution in [2.45, 2.75) is 25.4 Å². The van der Waals surface area contributed by atoms with Gasteiger partial charge in [-0.05, 0) is 37.1 Å². The smallest absolute Gasteiger partial charge is 0.304 e. The van der Waals surface area contributed by atoms with E-state index in [1.54, 1.807) is 7.11 Å². The number of hydrogen-bond donors (Lipinski definition) is 1. The Labute approximate surface area is 119 Å². The quantitative estimate of drug-likeness (QED) is 0.863. The molecule has 0 aliphatic carbocycles. The Balaban J connectivity index is 1.74. The van der Waals surface area contributed by atoms with E-state index in [-0.39, 0.29) is 12.5 Å². The molecule has 0 bridgehead atoms. The first-order valence-electron chi connectivity index (χ1n) is 6.92. The maximum absolute atomic E-state index is 10.5. The molecule has 1 aliphatic heterocycles. The van der Waals surface area contributed by atoms with Crippen LogP contribution in [0.15, 0.2) is 24.3 Å². The number of carboxylic acid groups (broad SMARTS) is 1. The molecule has 0 radical (unpaired) electrons. The van der Waals surface area contributed by atoms with E-state index in [2.05, 4.69) is 4.90 Å². The summed E-state index contributed by atoms with van der Waals surface area (Å²) in [5.41, 5.74) is 0. The van der Waals surface area contributed by atoms with Crippen LogP contribution in [0, 0.1) is 0 Å². The van der Waals surface area contributed by atoms with E-state index in [4.69, 9.17) is 14.6 Å². The van der Waals surface area contributed by atoms with Crippen molar-refractivity contribution in [3.8, 4) is 11.5 Å². The highest BCUT2D eigenvalue weighted by Crippen LogP contribution is 2.21. The lowest BCUT2D eigenvalue weighted by atomic mass is 10.1. The normalized spacial score (nSPS) is 16.9. The van der Waals surface area contributed by atoms with Crippen molar-refractivity contribution in [2.24, 2.45) is 0 Å². The second kappa shape index (κ2) is 7.14. The second-order valence-corrected chi connectivity index (χ2v) is 4.98. The molecule has 20 heavy (non-hydrogen) atoms. The van der Waals surface area contributed by atoms with E-state index in [9.17, 15) is 4.79 Å². The van der Waals surface area contributed by atoms with E-state index >= 15 is 0 Å². The number of methoxy groups -OCH3 is 1. The van der Waals surface area contributed by atoms with Gasteiger partial charge in [-0.3, -0.25) is 4.79 Å². The number of ether oxygens (including phenoxy) is 2. The van der Waals surface area contributed by atoms with Crippen LogP contribution in [0.2, 0.25) is 0 Å². The number of likely N-dealkylation sites (tertiary alicyclic amines) is 1. The molecule has 5 heteroatoms. The summed E-state index contributed by atoms with van der Waals surface area (Å²) in [4.78, 5) is 12.7. The fourth-order valence-corrected chi connectivity index (χ4v) is 2.35. The van der Waals surface area contributed by atoms with Gasteiger partial charge in [-0.1, -0.05) is 0 Å². The van der Waals surface area contributed by atoms with E-state index in [0.717, 1.165) is 37.4 Å². The Morgan fingerprint density at radius 3 is 2.40 bits per heavy atom. The molecule has 0 spiro atoms. The first-order valence-corrected chi connectivity index (χ1v) is 6.92. The topological polar surface area (TPSA) is 59.0 Å². The average Bonchev–Trinajstić information content (AvgIpc) is 2.47. The largest absolute Gasteiger partial charge is 0.497 e. The van der Waals surface area contributed by atoms with Gasteiger partial charge in [0.1, 0.15) is 17.6 Å². The van der Waals surface area contributed by atoms with Crippen LogP contribution in [-0.4, -0.2) is 48.8 Å². The molecule has 1 N–H and O–H groups in total. The minimum atomic E-state index is -0.735. The third-order valence-electron chi connectivity index (χ3n) is 3.54. The van der Waals surface area contributed by atoms with Gasteiger partial charge in [0, 0.05) is 19.6 Å². The first kappa shape index (κ1) is 14.7. The molecule has 0 unspecified atom stereocenters. The Bertz CT molecular complexity index is 424. The van der Waals surface area contributed by atoms with Gasteiger partial charge in [-0.15, -0.1) is 0 Å². The molecule has 1 saturated heterocycles. The van der Waals surface area contributed by atoms with Gasteiger partial charge < -0.3 is 19.5 Å². The van der Waals surface area contributed by atoms with Crippen molar-refractivity contribution < 1.29 is 19.4 Å². The van der Waals surface area contributed by atoms with E-state index in [1.165, 1.54) is 0 Å². The summed E-state index contributed by atoms with van der Waals surface area (Å²) in [6.45, 7) is 2.42. The lowest BCUT2D eigenvalue weighted by Crippen LogP contribution is -2.39. The Hall–Kier alpha value is -1.75. The van der Waals surface area contributed by atoms with Crippen molar-refractivity contribution in [1.29, 1.82) is 0 Å². The van der Waals surface area contributed by atoms with E-state index in [0.29, 0.717) is 6.54 Å². The van der Waals surface area contributed by atoms with Crippen LogP contribution in [0.25, 0.3) is 0 Å². The van der Waals surface area contributed by atoms with Gasteiger partial charge in [-0.25, -0.2) is 0 Å². The highest BCUT2D eigenvalue weighted by atomic mass is 16.5. The zero-order valence-electron chi connectivity index (χ0n) is 11.7. The van der Waals surface area contributed by atoms with Crippen molar-refractivity contribution in [3.63, 3.8) is 0 Å². The number of carbonyl (C=O) groups is 1. The number of rotatable bonds is 6. The minimum absolute atomic E-state index is 0.212. The van der Waals surface area contributed by atoms with Gasteiger partial charge in [-0.2, -0.15) is 0 Å². The first-order chi connectivity index (χ1) is 9.67. The molecule has 1 fully saturated rings. The summed E-state index contributed by atoms with van der Waals surface area (Å²) in [6, 6.07) is 7.60. The number of carboxylic acids is 1. The summed E-state index contributed by atoms with van der Waals surface area (Å²) in [5.74, 6) is 0.942. The monoisotopic (exact) mass is 279 g/mol. The number of aliphatic carboxylic acids is 1. The summed E-state index contributed by atoms with van der Waals surface area (Å²) in [5, 5.41) is 8.67. The predicted octanol–water partition coefficient (Wildman–Crippen LogP) is 2.01. The van der Waals surface area contributed by atoms with Crippen LogP contribution >= 0.6 is 0 Å². The van der Waals surface area contributed by atoms with Gasteiger partial charge in [0.05, 0.1) is 13.5 Å². The Morgan fingerprint density at radius 1 is 1.25 bits per heavy atom. The molecule has 0 amide bonds. The van der Waals surface area contributed by atoms with Crippen LogP contribution in [-0.2, 0) is 4.79 Å². The van der Waals surface area contributed by atoms with Gasteiger partial charge in [0.2, 0.25) is 0 Å². The lowest BCUT2D eigenvalue weighted by Gasteiger charge is -2.31. The molecule has 0 atom stereocenters. The molecule has 5 nitrogen and oxygen atoms in total.